The molecule has 0 bridgehead atoms. The van der Waals surface area contributed by atoms with E-state index in [1.165, 1.54) is 10.9 Å². The van der Waals surface area contributed by atoms with Crippen molar-refractivity contribution in [1.29, 1.82) is 0 Å². The van der Waals surface area contributed by atoms with Gasteiger partial charge in [-0.1, -0.05) is 41.9 Å². The van der Waals surface area contributed by atoms with E-state index in [2.05, 4.69) is 48.6 Å². The zero-order valence-corrected chi connectivity index (χ0v) is 19.3. The van der Waals surface area contributed by atoms with E-state index in [4.69, 9.17) is 11.6 Å². The summed E-state index contributed by atoms with van der Waals surface area (Å²) in [5.41, 5.74) is 1.32. The highest BCUT2D eigenvalue weighted by Crippen LogP contribution is 2.38. The van der Waals surface area contributed by atoms with Crippen LogP contribution in [0.25, 0.3) is 0 Å². The van der Waals surface area contributed by atoms with E-state index in [-0.39, 0.29) is 26.7 Å². The summed E-state index contributed by atoms with van der Waals surface area (Å²) >= 11 is 7.23. The molecule has 1 unspecified atom stereocenters. The molecule has 1 atom stereocenters. The van der Waals surface area contributed by atoms with Crippen molar-refractivity contribution >= 4 is 38.7 Å². The Morgan fingerprint density at radius 1 is 1.17 bits per heavy atom. The van der Waals surface area contributed by atoms with Gasteiger partial charge in [-0.05, 0) is 51.3 Å². The second-order valence-electron chi connectivity index (χ2n) is 7.92. The summed E-state index contributed by atoms with van der Waals surface area (Å²) in [5, 5.41) is 4.51. The van der Waals surface area contributed by atoms with Crippen molar-refractivity contribution in [3.8, 4) is 0 Å². The number of halogens is 1. The first kappa shape index (κ1) is 22.3. The van der Waals surface area contributed by atoms with E-state index >= 15 is 0 Å². The van der Waals surface area contributed by atoms with Crippen LogP contribution in [0.15, 0.2) is 40.6 Å². The van der Waals surface area contributed by atoms with Crippen LogP contribution in [-0.2, 0) is 9.84 Å². The van der Waals surface area contributed by atoms with Crippen LogP contribution in [0.2, 0.25) is 5.02 Å². The molecule has 0 aliphatic heterocycles. The van der Waals surface area contributed by atoms with Crippen LogP contribution in [0.1, 0.15) is 47.0 Å². The SMILES string of the molecule is CN(C)C(c1ccccc1)C1CCC(NC(=O)c2scc(S(C)(=O)=O)c2Cl)CC1. The van der Waals surface area contributed by atoms with Crippen LogP contribution in [0.3, 0.4) is 0 Å². The zero-order valence-electron chi connectivity index (χ0n) is 16.9. The highest BCUT2D eigenvalue weighted by atomic mass is 35.5. The Morgan fingerprint density at radius 2 is 1.79 bits per heavy atom. The molecule has 1 aromatic carbocycles. The summed E-state index contributed by atoms with van der Waals surface area (Å²) in [7, 11) is 0.793. The summed E-state index contributed by atoms with van der Waals surface area (Å²) in [5.74, 6) is 0.244. The van der Waals surface area contributed by atoms with Gasteiger partial charge >= 0.3 is 0 Å². The number of hydrogen-bond acceptors (Lipinski definition) is 5. The number of rotatable bonds is 6. The van der Waals surface area contributed by atoms with Crippen molar-refractivity contribution in [3.05, 3.63) is 51.2 Å². The first-order valence-electron chi connectivity index (χ1n) is 9.67. The molecular weight excluding hydrogens is 428 g/mol. The maximum Gasteiger partial charge on any atom is 0.263 e. The van der Waals surface area contributed by atoms with Crippen LogP contribution in [0, 0.1) is 5.92 Å². The largest absolute Gasteiger partial charge is 0.349 e. The fourth-order valence-electron chi connectivity index (χ4n) is 4.20. The number of thiophene rings is 1. The Kier molecular flexibility index (Phi) is 7.04. The molecule has 8 heteroatoms. The third kappa shape index (κ3) is 5.20. The van der Waals surface area contributed by atoms with Crippen LogP contribution in [-0.4, -0.2) is 45.6 Å². The molecule has 0 saturated heterocycles. The van der Waals surface area contributed by atoms with E-state index in [0.29, 0.717) is 12.0 Å². The molecule has 1 fully saturated rings. The van der Waals surface area contributed by atoms with Crippen LogP contribution in [0.5, 0.6) is 0 Å². The molecule has 2 aromatic rings. The summed E-state index contributed by atoms with van der Waals surface area (Å²) in [6.45, 7) is 0. The lowest BCUT2D eigenvalue weighted by atomic mass is 9.78. The highest BCUT2D eigenvalue weighted by Gasteiger charge is 2.31. The average molecular weight is 455 g/mol. The van der Waals surface area contributed by atoms with Crippen molar-refractivity contribution in [2.45, 2.75) is 42.7 Å². The third-order valence-corrected chi connectivity index (χ3v) is 8.42. The van der Waals surface area contributed by atoms with Crippen LogP contribution in [0.4, 0.5) is 0 Å². The molecule has 0 spiro atoms. The minimum Gasteiger partial charge on any atom is -0.349 e. The third-order valence-electron chi connectivity index (χ3n) is 5.56. The normalized spacial score (nSPS) is 21.1. The van der Waals surface area contributed by atoms with Crippen LogP contribution >= 0.6 is 22.9 Å². The van der Waals surface area contributed by atoms with Crippen molar-refractivity contribution < 1.29 is 13.2 Å². The molecule has 3 rings (SSSR count). The van der Waals surface area contributed by atoms with Gasteiger partial charge < -0.3 is 10.2 Å². The molecule has 158 valence electrons. The summed E-state index contributed by atoms with van der Waals surface area (Å²) in [6.07, 6.45) is 4.94. The molecule has 1 aromatic heterocycles. The van der Waals surface area contributed by atoms with Crippen molar-refractivity contribution in [3.63, 3.8) is 0 Å². The minimum absolute atomic E-state index is 0.0229. The molecule has 1 N–H and O–H groups in total. The Bertz CT molecular complexity index is 950. The molecule has 29 heavy (non-hydrogen) atoms. The Morgan fingerprint density at radius 3 is 2.31 bits per heavy atom. The van der Waals surface area contributed by atoms with Gasteiger partial charge in [0.1, 0.15) is 4.88 Å². The Balaban J connectivity index is 1.63. The van der Waals surface area contributed by atoms with Gasteiger partial charge in [-0.3, -0.25) is 4.79 Å². The van der Waals surface area contributed by atoms with Gasteiger partial charge in [0.15, 0.2) is 9.84 Å². The number of nitrogens with zero attached hydrogens (tertiary/aromatic N) is 1. The maximum absolute atomic E-state index is 12.6. The predicted molar refractivity (Wildman–Crippen MR) is 119 cm³/mol. The summed E-state index contributed by atoms with van der Waals surface area (Å²) in [4.78, 5) is 15.2. The number of hydrogen-bond donors (Lipinski definition) is 1. The van der Waals surface area contributed by atoms with E-state index < -0.39 is 9.84 Å². The lowest BCUT2D eigenvalue weighted by Crippen LogP contribution is -2.39. The van der Waals surface area contributed by atoms with Gasteiger partial charge in [-0.15, -0.1) is 11.3 Å². The number of sulfone groups is 1. The number of nitrogens with one attached hydrogen (secondary N) is 1. The number of benzene rings is 1. The number of amides is 1. The number of carbonyl (C=O) groups is 1. The molecule has 1 amide bonds. The zero-order chi connectivity index (χ0) is 21.2. The Labute approximate surface area is 182 Å². The van der Waals surface area contributed by atoms with Gasteiger partial charge in [-0.25, -0.2) is 8.42 Å². The average Bonchev–Trinajstić information content (AvgIpc) is 3.06. The van der Waals surface area contributed by atoms with Crippen molar-refractivity contribution in [2.24, 2.45) is 5.92 Å². The monoisotopic (exact) mass is 454 g/mol. The first-order valence-corrected chi connectivity index (χ1v) is 12.8. The molecule has 1 heterocycles. The standard InChI is InChI=1S/C21H27ClN2O3S2/c1-24(2)19(14-7-5-4-6-8-14)15-9-11-16(12-10-15)23-21(25)20-18(22)17(13-28-20)29(3,26)27/h4-8,13,15-16,19H,9-12H2,1-3H3,(H,23,25). The quantitative estimate of drug-likeness (QED) is 0.702. The van der Waals surface area contributed by atoms with Crippen molar-refractivity contribution in [2.75, 3.05) is 20.4 Å². The fraction of sp³-hybridized carbons (Fsp3) is 0.476. The molecule has 1 saturated carbocycles. The lowest BCUT2D eigenvalue weighted by Gasteiger charge is -2.37. The molecule has 0 radical (unpaired) electrons. The van der Waals surface area contributed by atoms with Crippen LogP contribution < -0.4 is 5.32 Å². The van der Waals surface area contributed by atoms with Crippen molar-refractivity contribution in [1.82, 2.24) is 10.2 Å². The second-order valence-corrected chi connectivity index (χ2v) is 11.2. The topological polar surface area (TPSA) is 66.5 Å². The van der Waals surface area contributed by atoms with Gasteiger partial charge in [0, 0.05) is 23.7 Å². The molecule has 1 aliphatic carbocycles. The smallest absolute Gasteiger partial charge is 0.263 e. The number of carbonyl (C=O) groups excluding carboxylic acids is 1. The summed E-state index contributed by atoms with van der Waals surface area (Å²) < 4.78 is 23.5. The highest BCUT2D eigenvalue weighted by molar-refractivity contribution is 7.91. The summed E-state index contributed by atoms with van der Waals surface area (Å²) in [6, 6.07) is 11.0. The fourth-order valence-corrected chi connectivity index (χ4v) is 7.02. The molecular formula is C21H27ClN2O3S2. The first-order chi connectivity index (χ1) is 13.7. The maximum atomic E-state index is 12.6. The predicted octanol–water partition coefficient (Wildman–Crippen LogP) is 4.40. The Hall–Kier alpha value is -1.41. The van der Waals surface area contributed by atoms with E-state index in [9.17, 15) is 13.2 Å². The van der Waals surface area contributed by atoms with Gasteiger partial charge in [-0.2, -0.15) is 0 Å². The van der Waals surface area contributed by atoms with Gasteiger partial charge in [0.2, 0.25) is 0 Å². The van der Waals surface area contributed by atoms with Gasteiger partial charge in [0.25, 0.3) is 5.91 Å². The van der Waals surface area contributed by atoms with E-state index in [0.717, 1.165) is 43.3 Å². The molecule has 1 aliphatic rings. The molecule has 5 nitrogen and oxygen atoms in total. The van der Waals surface area contributed by atoms with E-state index in [1.807, 2.05) is 6.07 Å². The van der Waals surface area contributed by atoms with E-state index in [1.54, 1.807) is 0 Å². The minimum atomic E-state index is -3.44. The lowest BCUT2D eigenvalue weighted by molar-refractivity contribution is 0.0911. The second kappa shape index (κ2) is 9.16. The van der Waals surface area contributed by atoms with Gasteiger partial charge in [0.05, 0.1) is 9.92 Å².